The predicted octanol–water partition coefficient (Wildman–Crippen LogP) is 2.24. The van der Waals surface area contributed by atoms with Crippen LogP contribution in [0.2, 0.25) is 0 Å². The van der Waals surface area contributed by atoms with Crippen molar-refractivity contribution in [3.8, 4) is 5.75 Å². The van der Waals surface area contributed by atoms with Crippen LogP contribution in [0.5, 0.6) is 5.75 Å². The Kier molecular flexibility index (Phi) is 7.88. The molecule has 0 spiro atoms. The van der Waals surface area contributed by atoms with Crippen molar-refractivity contribution < 1.29 is 19.1 Å². The molecule has 0 radical (unpaired) electrons. The summed E-state index contributed by atoms with van der Waals surface area (Å²) in [5, 5.41) is 11.7. The zero-order valence-electron chi connectivity index (χ0n) is 15.9. The second kappa shape index (κ2) is 10.4. The lowest BCUT2D eigenvalue weighted by molar-refractivity contribution is -0.124. The quantitative estimate of drug-likeness (QED) is 0.579. The lowest BCUT2D eigenvalue weighted by Crippen LogP contribution is -2.41. The third kappa shape index (κ3) is 6.62. The van der Waals surface area contributed by atoms with Gasteiger partial charge in [-0.15, -0.1) is 10.2 Å². The van der Waals surface area contributed by atoms with Gasteiger partial charge in [-0.05, 0) is 31.2 Å². The van der Waals surface area contributed by atoms with Crippen LogP contribution in [0.15, 0.2) is 24.3 Å². The molecule has 9 nitrogen and oxygen atoms in total. The topological polar surface area (TPSA) is 122 Å². The van der Waals surface area contributed by atoms with Crippen molar-refractivity contribution in [1.82, 2.24) is 21.0 Å². The molecule has 1 heterocycles. The van der Waals surface area contributed by atoms with Crippen molar-refractivity contribution in [2.45, 2.75) is 39.5 Å². The smallest absolute Gasteiger partial charge is 0.269 e. The molecule has 3 amide bonds. The molecule has 3 N–H and O–H groups in total. The second-order valence-electron chi connectivity index (χ2n) is 6.11. The van der Waals surface area contributed by atoms with Crippen LogP contribution in [0.3, 0.4) is 0 Å². The van der Waals surface area contributed by atoms with E-state index >= 15 is 0 Å². The Morgan fingerprint density at radius 3 is 2.32 bits per heavy atom. The SMILES string of the molecule is CCOc1ccc(C(=O)NNC(=O)CCC(=O)Nc2nnc(C(C)C)s2)cc1. The fourth-order valence-corrected chi connectivity index (χ4v) is 2.82. The molecule has 0 unspecified atom stereocenters. The minimum atomic E-state index is -0.477. The van der Waals surface area contributed by atoms with E-state index in [2.05, 4.69) is 26.4 Å². The van der Waals surface area contributed by atoms with Crippen molar-refractivity contribution in [1.29, 1.82) is 0 Å². The maximum absolute atomic E-state index is 12.0. The van der Waals surface area contributed by atoms with Crippen LogP contribution in [-0.2, 0) is 9.59 Å². The summed E-state index contributed by atoms with van der Waals surface area (Å²) in [6.45, 7) is 6.37. The van der Waals surface area contributed by atoms with Crippen LogP contribution in [0.25, 0.3) is 0 Å². The molecule has 150 valence electrons. The first-order chi connectivity index (χ1) is 13.4. The molecule has 0 saturated heterocycles. The number of carbonyl (C=O) groups is 3. The summed E-state index contributed by atoms with van der Waals surface area (Å²) in [5.41, 5.74) is 4.97. The molecular weight excluding hydrogens is 382 g/mol. The van der Waals surface area contributed by atoms with Crippen molar-refractivity contribution >= 4 is 34.2 Å². The molecule has 0 aliphatic rings. The van der Waals surface area contributed by atoms with E-state index in [1.165, 1.54) is 11.3 Å². The zero-order valence-corrected chi connectivity index (χ0v) is 16.8. The Balaban J connectivity index is 1.71. The lowest BCUT2D eigenvalue weighted by Gasteiger charge is -2.08. The van der Waals surface area contributed by atoms with Crippen LogP contribution in [0.4, 0.5) is 5.13 Å². The number of anilines is 1. The molecule has 1 aromatic carbocycles. The molecule has 2 aromatic rings. The monoisotopic (exact) mass is 405 g/mol. The van der Waals surface area contributed by atoms with Gasteiger partial charge in [-0.25, -0.2) is 0 Å². The molecule has 0 saturated carbocycles. The van der Waals surface area contributed by atoms with Gasteiger partial charge in [0.15, 0.2) is 0 Å². The number of rotatable bonds is 8. The van der Waals surface area contributed by atoms with Crippen molar-refractivity contribution in [3.05, 3.63) is 34.8 Å². The Bertz CT molecular complexity index is 820. The summed E-state index contributed by atoms with van der Waals surface area (Å²) in [7, 11) is 0. The Morgan fingerprint density at radius 1 is 1.04 bits per heavy atom. The van der Waals surface area contributed by atoms with Crippen LogP contribution in [0.1, 0.15) is 54.9 Å². The fourth-order valence-electron chi connectivity index (χ4n) is 2.06. The van der Waals surface area contributed by atoms with E-state index in [9.17, 15) is 14.4 Å². The zero-order chi connectivity index (χ0) is 20.5. The highest BCUT2D eigenvalue weighted by atomic mass is 32.1. The Labute approximate surface area is 166 Å². The molecule has 0 fully saturated rings. The van der Waals surface area contributed by atoms with Crippen molar-refractivity contribution in [2.75, 3.05) is 11.9 Å². The van der Waals surface area contributed by atoms with Gasteiger partial charge in [0.2, 0.25) is 16.9 Å². The summed E-state index contributed by atoms with van der Waals surface area (Å²) >= 11 is 1.30. The van der Waals surface area contributed by atoms with Gasteiger partial charge < -0.3 is 10.1 Å². The molecule has 0 bridgehead atoms. The van der Waals surface area contributed by atoms with Crippen molar-refractivity contribution in [2.24, 2.45) is 0 Å². The number of ether oxygens (including phenoxy) is 1. The number of amides is 3. The molecule has 0 aliphatic carbocycles. The maximum atomic E-state index is 12.0. The first-order valence-corrected chi connectivity index (χ1v) is 9.66. The number of hydrazine groups is 1. The Hall–Kier alpha value is -3.01. The molecule has 28 heavy (non-hydrogen) atoms. The highest BCUT2D eigenvalue weighted by molar-refractivity contribution is 7.15. The number of benzene rings is 1. The highest BCUT2D eigenvalue weighted by Crippen LogP contribution is 2.22. The normalized spacial score (nSPS) is 10.4. The van der Waals surface area contributed by atoms with Gasteiger partial charge in [0.25, 0.3) is 5.91 Å². The van der Waals surface area contributed by atoms with Gasteiger partial charge in [-0.2, -0.15) is 0 Å². The average Bonchev–Trinajstić information content (AvgIpc) is 3.14. The van der Waals surface area contributed by atoms with E-state index in [0.29, 0.717) is 23.1 Å². The molecule has 1 aromatic heterocycles. The van der Waals surface area contributed by atoms with E-state index in [-0.39, 0.29) is 24.7 Å². The van der Waals surface area contributed by atoms with E-state index < -0.39 is 11.8 Å². The van der Waals surface area contributed by atoms with Gasteiger partial charge in [0, 0.05) is 24.3 Å². The van der Waals surface area contributed by atoms with E-state index in [1.807, 2.05) is 20.8 Å². The molecule has 2 rings (SSSR count). The van der Waals surface area contributed by atoms with Gasteiger partial charge in [0.05, 0.1) is 6.61 Å². The van der Waals surface area contributed by atoms with E-state index in [0.717, 1.165) is 5.01 Å². The molecular formula is C18H23N5O4S. The molecule has 0 aliphatic heterocycles. The van der Waals surface area contributed by atoms with Gasteiger partial charge in [0.1, 0.15) is 10.8 Å². The van der Waals surface area contributed by atoms with Crippen LogP contribution < -0.4 is 20.9 Å². The number of hydrogen-bond acceptors (Lipinski definition) is 7. The summed E-state index contributed by atoms with van der Waals surface area (Å²) in [6, 6.07) is 6.52. The number of hydrogen-bond donors (Lipinski definition) is 3. The summed E-state index contributed by atoms with van der Waals surface area (Å²) in [6.07, 6.45) is -0.118. The van der Waals surface area contributed by atoms with Crippen LogP contribution in [0, 0.1) is 0 Å². The summed E-state index contributed by atoms with van der Waals surface area (Å²) in [5.74, 6) is -0.400. The van der Waals surface area contributed by atoms with Gasteiger partial charge in [-0.3, -0.25) is 25.2 Å². The number of aromatic nitrogens is 2. The second-order valence-corrected chi connectivity index (χ2v) is 7.12. The Morgan fingerprint density at radius 2 is 1.71 bits per heavy atom. The first kappa shape index (κ1) is 21.3. The third-order valence-corrected chi connectivity index (χ3v) is 4.64. The minimum Gasteiger partial charge on any atom is -0.494 e. The number of carbonyl (C=O) groups excluding carboxylic acids is 3. The number of nitrogens with zero attached hydrogens (tertiary/aromatic N) is 2. The number of nitrogens with one attached hydrogen (secondary N) is 3. The molecule has 10 heteroatoms. The van der Waals surface area contributed by atoms with Crippen LogP contribution in [-0.4, -0.2) is 34.5 Å². The average molecular weight is 405 g/mol. The third-order valence-electron chi connectivity index (χ3n) is 3.50. The first-order valence-electron chi connectivity index (χ1n) is 8.84. The van der Waals surface area contributed by atoms with Gasteiger partial charge in [-0.1, -0.05) is 25.2 Å². The van der Waals surface area contributed by atoms with Crippen LogP contribution >= 0.6 is 11.3 Å². The largest absolute Gasteiger partial charge is 0.494 e. The fraction of sp³-hybridized carbons (Fsp3) is 0.389. The maximum Gasteiger partial charge on any atom is 0.269 e. The van der Waals surface area contributed by atoms with E-state index in [1.54, 1.807) is 24.3 Å². The summed E-state index contributed by atoms with van der Waals surface area (Å²) < 4.78 is 5.30. The minimum absolute atomic E-state index is 0.0403. The van der Waals surface area contributed by atoms with E-state index in [4.69, 9.17) is 4.74 Å². The predicted molar refractivity (Wildman–Crippen MR) is 105 cm³/mol. The molecule has 0 atom stereocenters. The van der Waals surface area contributed by atoms with Gasteiger partial charge >= 0.3 is 0 Å². The standard InChI is InChI=1S/C18H23N5O4S/c1-4-27-13-7-5-12(6-8-13)16(26)21-20-15(25)10-9-14(24)19-18-23-22-17(28-18)11(2)3/h5-8,11H,4,9-10H2,1-3H3,(H,20,25)(H,21,26)(H,19,23,24). The van der Waals surface area contributed by atoms with Crippen molar-refractivity contribution in [3.63, 3.8) is 0 Å². The lowest BCUT2D eigenvalue weighted by atomic mass is 10.2. The highest BCUT2D eigenvalue weighted by Gasteiger charge is 2.13. The summed E-state index contributed by atoms with van der Waals surface area (Å²) in [4.78, 5) is 35.7.